The van der Waals surface area contributed by atoms with Gasteiger partial charge in [-0.3, -0.25) is 0 Å². The van der Waals surface area contributed by atoms with E-state index in [1.807, 2.05) is 0 Å². The molecule has 2 aliphatic rings. The molecule has 2 aliphatic heterocycles. The summed E-state index contributed by atoms with van der Waals surface area (Å²) in [6.45, 7) is 3.10. The Kier molecular flexibility index (Phi) is 2.92. The zero-order chi connectivity index (χ0) is 12.8. The zero-order valence-electron chi connectivity index (χ0n) is 10.7. The van der Waals surface area contributed by atoms with Crippen molar-refractivity contribution < 1.29 is 8.42 Å². The summed E-state index contributed by atoms with van der Waals surface area (Å²) in [6.07, 6.45) is 4.41. The first kappa shape index (κ1) is 12.1. The Morgan fingerprint density at radius 3 is 2.83 bits per heavy atom. The number of hydrogen-bond donors (Lipinski definition) is 0. The topological polar surface area (TPSA) is 64.8 Å². The lowest BCUT2D eigenvalue weighted by Crippen LogP contribution is -2.23. The standard InChI is InChI=1S/C12H19N3O2S/c1-9-4-2-6-15-11(13-14-12(9)15)8-10-5-3-7-18(10,16)17/h9-10H,2-8H2,1H3. The van der Waals surface area contributed by atoms with E-state index in [0.717, 1.165) is 43.9 Å². The maximum Gasteiger partial charge on any atom is 0.153 e. The molecule has 0 aliphatic carbocycles. The second kappa shape index (κ2) is 4.33. The third-order valence-corrected chi connectivity index (χ3v) is 6.46. The van der Waals surface area contributed by atoms with Gasteiger partial charge in [-0.1, -0.05) is 6.92 Å². The highest BCUT2D eigenvalue weighted by Crippen LogP contribution is 2.28. The molecule has 1 saturated heterocycles. The summed E-state index contributed by atoms with van der Waals surface area (Å²) < 4.78 is 25.9. The molecule has 0 bridgehead atoms. The Hall–Kier alpha value is -0.910. The van der Waals surface area contributed by atoms with Gasteiger partial charge in [0, 0.05) is 18.9 Å². The van der Waals surface area contributed by atoms with E-state index < -0.39 is 9.84 Å². The minimum Gasteiger partial charge on any atom is -0.315 e. The van der Waals surface area contributed by atoms with E-state index in [1.165, 1.54) is 0 Å². The lowest BCUT2D eigenvalue weighted by atomic mass is 10.0. The van der Waals surface area contributed by atoms with E-state index in [0.29, 0.717) is 18.1 Å². The molecule has 18 heavy (non-hydrogen) atoms. The molecular formula is C12H19N3O2S. The van der Waals surface area contributed by atoms with Gasteiger partial charge in [-0.15, -0.1) is 10.2 Å². The van der Waals surface area contributed by atoms with Crippen molar-refractivity contribution in [3.8, 4) is 0 Å². The van der Waals surface area contributed by atoms with E-state index in [1.54, 1.807) is 0 Å². The van der Waals surface area contributed by atoms with Crippen LogP contribution in [0.15, 0.2) is 0 Å². The van der Waals surface area contributed by atoms with Gasteiger partial charge in [-0.05, 0) is 25.7 Å². The highest BCUT2D eigenvalue weighted by molar-refractivity contribution is 7.92. The predicted molar refractivity (Wildman–Crippen MR) is 68.2 cm³/mol. The Balaban J connectivity index is 1.86. The first-order valence-electron chi connectivity index (χ1n) is 6.71. The SMILES string of the molecule is CC1CCCn2c(CC3CCCS3(=O)=O)nnc21. The van der Waals surface area contributed by atoms with E-state index in [2.05, 4.69) is 21.7 Å². The third-order valence-electron chi connectivity index (χ3n) is 4.19. The van der Waals surface area contributed by atoms with Gasteiger partial charge in [0.1, 0.15) is 11.6 Å². The molecule has 1 aromatic rings. The van der Waals surface area contributed by atoms with Gasteiger partial charge in [-0.25, -0.2) is 8.42 Å². The van der Waals surface area contributed by atoms with Crippen molar-refractivity contribution in [2.45, 2.75) is 56.7 Å². The van der Waals surface area contributed by atoms with Crippen LogP contribution in [-0.4, -0.2) is 34.2 Å². The fourth-order valence-corrected chi connectivity index (χ4v) is 4.92. The molecule has 0 aromatic carbocycles. The molecule has 1 aromatic heterocycles. The maximum absolute atomic E-state index is 11.9. The van der Waals surface area contributed by atoms with Crippen molar-refractivity contribution in [3.05, 3.63) is 11.6 Å². The Bertz CT molecular complexity index is 550. The Morgan fingerprint density at radius 1 is 1.28 bits per heavy atom. The van der Waals surface area contributed by atoms with E-state index >= 15 is 0 Å². The smallest absolute Gasteiger partial charge is 0.153 e. The summed E-state index contributed by atoms with van der Waals surface area (Å²) in [6, 6.07) is 0. The molecule has 0 N–H and O–H groups in total. The third kappa shape index (κ3) is 1.96. The van der Waals surface area contributed by atoms with Gasteiger partial charge in [0.15, 0.2) is 9.84 Å². The molecule has 1 fully saturated rings. The van der Waals surface area contributed by atoms with E-state index in [9.17, 15) is 8.42 Å². The molecule has 0 saturated carbocycles. The highest BCUT2D eigenvalue weighted by atomic mass is 32.2. The fraction of sp³-hybridized carbons (Fsp3) is 0.833. The molecule has 3 heterocycles. The maximum atomic E-state index is 11.9. The van der Waals surface area contributed by atoms with Crippen LogP contribution in [0.25, 0.3) is 0 Å². The molecule has 6 heteroatoms. The number of rotatable bonds is 2. The monoisotopic (exact) mass is 269 g/mol. The minimum atomic E-state index is -2.88. The van der Waals surface area contributed by atoms with Crippen LogP contribution in [0.5, 0.6) is 0 Å². The van der Waals surface area contributed by atoms with Gasteiger partial charge in [0.05, 0.1) is 11.0 Å². The quantitative estimate of drug-likeness (QED) is 0.811. The number of sulfone groups is 1. The fourth-order valence-electron chi connectivity index (χ4n) is 3.08. The second-order valence-corrected chi connectivity index (χ2v) is 7.91. The summed E-state index contributed by atoms with van der Waals surface area (Å²) in [4.78, 5) is 0. The number of fused-ring (bicyclic) bond motifs is 1. The van der Waals surface area contributed by atoms with Crippen LogP contribution >= 0.6 is 0 Å². The number of nitrogens with zero attached hydrogens (tertiary/aromatic N) is 3. The van der Waals surface area contributed by atoms with Crippen molar-refractivity contribution >= 4 is 9.84 Å². The molecule has 2 atom stereocenters. The van der Waals surface area contributed by atoms with Crippen molar-refractivity contribution in [2.75, 3.05) is 5.75 Å². The van der Waals surface area contributed by atoms with Crippen LogP contribution in [0.2, 0.25) is 0 Å². The van der Waals surface area contributed by atoms with Gasteiger partial charge >= 0.3 is 0 Å². The summed E-state index contributed by atoms with van der Waals surface area (Å²) in [5.41, 5.74) is 0. The lowest BCUT2D eigenvalue weighted by Gasteiger charge is -2.20. The van der Waals surface area contributed by atoms with Gasteiger partial charge in [0.2, 0.25) is 0 Å². The highest BCUT2D eigenvalue weighted by Gasteiger charge is 2.33. The largest absolute Gasteiger partial charge is 0.315 e. The Labute approximate surface area is 108 Å². The predicted octanol–water partition coefficient (Wildman–Crippen LogP) is 1.30. The van der Waals surface area contributed by atoms with Crippen LogP contribution in [0, 0.1) is 0 Å². The normalized spacial score (nSPS) is 30.3. The molecule has 0 spiro atoms. The zero-order valence-corrected chi connectivity index (χ0v) is 11.5. The summed E-state index contributed by atoms with van der Waals surface area (Å²) in [5, 5.41) is 8.24. The van der Waals surface area contributed by atoms with E-state index in [-0.39, 0.29) is 5.25 Å². The molecular weight excluding hydrogens is 250 g/mol. The summed E-state index contributed by atoms with van der Waals surface area (Å²) >= 11 is 0. The Morgan fingerprint density at radius 2 is 2.11 bits per heavy atom. The molecule has 100 valence electrons. The molecule has 5 nitrogen and oxygen atoms in total. The van der Waals surface area contributed by atoms with Crippen molar-refractivity contribution in [1.82, 2.24) is 14.8 Å². The molecule has 2 unspecified atom stereocenters. The number of hydrogen-bond acceptors (Lipinski definition) is 4. The van der Waals surface area contributed by atoms with Crippen molar-refractivity contribution in [2.24, 2.45) is 0 Å². The molecule has 0 radical (unpaired) electrons. The van der Waals surface area contributed by atoms with Gasteiger partial charge in [-0.2, -0.15) is 0 Å². The van der Waals surface area contributed by atoms with E-state index in [4.69, 9.17) is 0 Å². The number of aromatic nitrogens is 3. The average Bonchev–Trinajstić information content (AvgIpc) is 2.86. The lowest BCUT2D eigenvalue weighted by molar-refractivity contribution is 0.452. The van der Waals surface area contributed by atoms with Crippen LogP contribution < -0.4 is 0 Å². The first-order chi connectivity index (χ1) is 8.58. The molecule has 0 amide bonds. The van der Waals surface area contributed by atoms with Crippen LogP contribution in [0.3, 0.4) is 0 Å². The second-order valence-electron chi connectivity index (χ2n) is 5.50. The van der Waals surface area contributed by atoms with Crippen LogP contribution in [-0.2, 0) is 22.8 Å². The minimum absolute atomic E-state index is 0.233. The molecule has 3 rings (SSSR count). The summed E-state index contributed by atoms with van der Waals surface area (Å²) in [7, 11) is -2.88. The van der Waals surface area contributed by atoms with Gasteiger partial charge < -0.3 is 4.57 Å². The van der Waals surface area contributed by atoms with Crippen molar-refractivity contribution in [1.29, 1.82) is 0 Å². The van der Waals surface area contributed by atoms with Crippen LogP contribution in [0.4, 0.5) is 0 Å². The van der Waals surface area contributed by atoms with Gasteiger partial charge in [0.25, 0.3) is 0 Å². The van der Waals surface area contributed by atoms with Crippen LogP contribution in [0.1, 0.15) is 50.2 Å². The van der Waals surface area contributed by atoms with Crippen molar-refractivity contribution in [3.63, 3.8) is 0 Å². The summed E-state index contributed by atoms with van der Waals surface area (Å²) in [5.74, 6) is 2.69. The average molecular weight is 269 g/mol. The first-order valence-corrected chi connectivity index (χ1v) is 8.43.